The van der Waals surface area contributed by atoms with Gasteiger partial charge in [0.15, 0.2) is 5.78 Å². The zero-order chi connectivity index (χ0) is 17.8. The van der Waals surface area contributed by atoms with Gasteiger partial charge in [-0.3, -0.25) is 9.48 Å². The van der Waals surface area contributed by atoms with Gasteiger partial charge in [-0.2, -0.15) is 10.4 Å². The summed E-state index contributed by atoms with van der Waals surface area (Å²) >= 11 is 0. The van der Waals surface area contributed by atoms with Crippen molar-refractivity contribution in [2.45, 2.75) is 32.1 Å². The third kappa shape index (κ3) is 2.08. The molecule has 6 nitrogen and oxygen atoms in total. The highest BCUT2D eigenvalue weighted by Gasteiger charge is 2.50. The number of aromatic nitrogens is 4. The van der Waals surface area contributed by atoms with Gasteiger partial charge in [-0.1, -0.05) is 19.9 Å². The first-order chi connectivity index (χ1) is 12.0. The molecular weight excluding hydrogens is 314 g/mol. The van der Waals surface area contributed by atoms with Crippen LogP contribution in [-0.4, -0.2) is 25.5 Å². The maximum absolute atomic E-state index is 12.4. The van der Waals surface area contributed by atoms with Crippen molar-refractivity contribution in [1.82, 2.24) is 19.7 Å². The average Bonchev–Trinajstić information content (AvgIpc) is 2.96. The third-order valence-corrected chi connectivity index (χ3v) is 5.81. The molecule has 2 aromatic rings. The molecule has 2 aromatic heterocycles. The van der Waals surface area contributed by atoms with E-state index >= 15 is 0 Å². The van der Waals surface area contributed by atoms with Gasteiger partial charge in [-0.05, 0) is 18.8 Å². The molecule has 6 heteroatoms. The van der Waals surface area contributed by atoms with E-state index in [4.69, 9.17) is 5.10 Å². The molecular formula is C19H19N5O. The number of allylic oxidation sites excluding steroid dienone is 2. The first-order valence-electron chi connectivity index (χ1n) is 8.46. The van der Waals surface area contributed by atoms with Gasteiger partial charge < -0.3 is 0 Å². The van der Waals surface area contributed by atoms with E-state index in [0.717, 1.165) is 29.8 Å². The van der Waals surface area contributed by atoms with Crippen LogP contribution in [0.5, 0.6) is 0 Å². The van der Waals surface area contributed by atoms with Crippen LogP contribution in [0.4, 0.5) is 0 Å². The molecule has 0 N–H and O–H groups in total. The lowest BCUT2D eigenvalue weighted by atomic mass is 9.58. The van der Waals surface area contributed by atoms with E-state index in [1.807, 2.05) is 24.7 Å². The Bertz CT molecular complexity index is 937. The fourth-order valence-corrected chi connectivity index (χ4v) is 4.63. The molecule has 0 bridgehead atoms. The number of hydrogen-bond acceptors (Lipinski definition) is 5. The van der Waals surface area contributed by atoms with E-state index in [-0.39, 0.29) is 23.2 Å². The van der Waals surface area contributed by atoms with Crippen LogP contribution < -0.4 is 0 Å². The van der Waals surface area contributed by atoms with E-state index in [2.05, 4.69) is 23.0 Å². The van der Waals surface area contributed by atoms with Crippen molar-refractivity contribution in [1.29, 1.82) is 5.26 Å². The topological polar surface area (TPSA) is 84.5 Å². The van der Waals surface area contributed by atoms with Gasteiger partial charge >= 0.3 is 0 Å². The third-order valence-electron chi connectivity index (χ3n) is 5.81. The van der Waals surface area contributed by atoms with Gasteiger partial charge in [-0.15, -0.1) is 0 Å². The van der Waals surface area contributed by atoms with Crippen LogP contribution in [0.15, 0.2) is 30.4 Å². The zero-order valence-electron chi connectivity index (χ0n) is 14.5. The Morgan fingerprint density at radius 1 is 1.36 bits per heavy atom. The number of hydrogen-bond donors (Lipinski definition) is 0. The smallest absolute Gasteiger partial charge is 0.176 e. The molecule has 0 amide bonds. The lowest BCUT2D eigenvalue weighted by Crippen LogP contribution is -2.45. The molecule has 3 atom stereocenters. The molecule has 0 radical (unpaired) electrons. The summed E-state index contributed by atoms with van der Waals surface area (Å²) in [5.74, 6) is -0.0382. The van der Waals surface area contributed by atoms with Crippen molar-refractivity contribution >= 4 is 5.78 Å². The van der Waals surface area contributed by atoms with E-state index in [1.54, 1.807) is 12.4 Å². The van der Waals surface area contributed by atoms with E-state index in [0.29, 0.717) is 0 Å². The van der Waals surface area contributed by atoms with Gasteiger partial charge in [0.25, 0.3) is 0 Å². The summed E-state index contributed by atoms with van der Waals surface area (Å²) in [6.45, 7) is 4.05. The minimum Gasteiger partial charge on any atom is -0.293 e. The lowest BCUT2D eigenvalue weighted by Gasteiger charge is -2.44. The molecule has 0 saturated heterocycles. The molecule has 2 aliphatic rings. The second-order valence-corrected chi connectivity index (χ2v) is 7.18. The molecule has 0 aliphatic heterocycles. The van der Waals surface area contributed by atoms with Crippen LogP contribution in [0, 0.1) is 23.2 Å². The predicted molar refractivity (Wildman–Crippen MR) is 91.3 cm³/mol. The lowest BCUT2D eigenvalue weighted by molar-refractivity contribution is -0.121. The van der Waals surface area contributed by atoms with Crippen molar-refractivity contribution < 1.29 is 4.79 Å². The van der Waals surface area contributed by atoms with Gasteiger partial charge in [0, 0.05) is 41.9 Å². The molecule has 0 saturated carbocycles. The average molecular weight is 333 g/mol. The van der Waals surface area contributed by atoms with E-state index < -0.39 is 5.41 Å². The Balaban J connectivity index is 1.94. The number of carbonyl (C=O) groups excluding carboxylic acids is 1. The second kappa shape index (κ2) is 5.35. The van der Waals surface area contributed by atoms with Crippen molar-refractivity contribution in [2.75, 3.05) is 0 Å². The number of nitrogens with zero attached hydrogens (tertiary/aromatic N) is 5. The van der Waals surface area contributed by atoms with Crippen molar-refractivity contribution in [2.24, 2.45) is 18.9 Å². The summed E-state index contributed by atoms with van der Waals surface area (Å²) in [6, 6.07) is 2.08. The number of rotatable bonds is 1. The Hall–Kier alpha value is -2.81. The first kappa shape index (κ1) is 15.7. The minimum absolute atomic E-state index is 0.0407. The Labute approximate surface area is 146 Å². The summed E-state index contributed by atoms with van der Waals surface area (Å²) in [6.07, 6.45) is 8.71. The van der Waals surface area contributed by atoms with E-state index in [1.165, 1.54) is 11.9 Å². The fraction of sp³-hybridized carbons (Fsp3) is 0.421. The second-order valence-electron chi connectivity index (χ2n) is 7.18. The molecule has 126 valence electrons. The molecule has 2 heterocycles. The summed E-state index contributed by atoms with van der Waals surface area (Å²) in [5.41, 5.74) is 3.95. The highest BCUT2D eigenvalue weighted by Crippen LogP contribution is 2.50. The summed E-state index contributed by atoms with van der Waals surface area (Å²) in [7, 11) is 1.92. The van der Waals surface area contributed by atoms with Crippen LogP contribution in [0.1, 0.15) is 31.5 Å². The molecule has 0 aromatic carbocycles. The standard InChI is InChI=1S/C19H19N5O/c1-11-15-5-4-14-16(13-8-21-10-22-9-13)24(3)23-18(14)19(15,2)6-12(7-20)17(11)25/h6,8-11,15H,4-5H2,1-3H3/t11-,15-,19-/m0/s1. The molecule has 2 aliphatic carbocycles. The minimum atomic E-state index is -0.405. The summed E-state index contributed by atoms with van der Waals surface area (Å²) < 4.78 is 1.87. The fourth-order valence-electron chi connectivity index (χ4n) is 4.63. The molecule has 0 unspecified atom stereocenters. The van der Waals surface area contributed by atoms with Crippen molar-refractivity contribution in [3.63, 3.8) is 0 Å². The normalized spacial score (nSPS) is 27.9. The highest BCUT2D eigenvalue weighted by molar-refractivity contribution is 6.02. The number of Topliss-reactive ketones (excluding diaryl/α,β-unsaturated/α-hetero) is 1. The molecule has 0 fully saturated rings. The quantitative estimate of drug-likeness (QED) is 0.800. The van der Waals surface area contributed by atoms with Gasteiger partial charge in [0.1, 0.15) is 12.4 Å². The maximum Gasteiger partial charge on any atom is 0.176 e. The summed E-state index contributed by atoms with van der Waals surface area (Å²) in [4.78, 5) is 20.7. The highest BCUT2D eigenvalue weighted by atomic mass is 16.1. The molecule has 25 heavy (non-hydrogen) atoms. The Morgan fingerprint density at radius 2 is 2.08 bits per heavy atom. The predicted octanol–water partition coefficient (Wildman–Crippen LogP) is 2.37. The first-order valence-corrected chi connectivity index (χ1v) is 8.46. The van der Waals surface area contributed by atoms with Crippen molar-refractivity contribution in [3.8, 4) is 17.3 Å². The van der Waals surface area contributed by atoms with Crippen molar-refractivity contribution in [3.05, 3.63) is 41.6 Å². The van der Waals surface area contributed by atoms with Crippen LogP contribution in [0.3, 0.4) is 0 Å². The van der Waals surface area contributed by atoms with Gasteiger partial charge in [-0.25, -0.2) is 9.97 Å². The monoisotopic (exact) mass is 333 g/mol. The van der Waals surface area contributed by atoms with E-state index in [9.17, 15) is 10.1 Å². The summed E-state index contributed by atoms with van der Waals surface area (Å²) in [5, 5.41) is 14.2. The molecule has 4 rings (SSSR count). The number of ketones is 1. The van der Waals surface area contributed by atoms with Crippen LogP contribution >= 0.6 is 0 Å². The number of carbonyl (C=O) groups is 1. The SMILES string of the molecule is C[C@@H]1C(=O)C(C#N)=C[C@]2(C)c3nn(C)c(-c4cncnc4)c3CC[C@@H]12. The van der Waals surface area contributed by atoms with Crippen LogP contribution in [0.2, 0.25) is 0 Å². The number of nitriles is 1. The van der Waals surface area contributed by atoms with Crippen LogP contribution in [-0.2, 0) is 23.7 Å². The zero-order valence-corrected chi connectivity index (χ0v) is 14.5. The maximum atomic E-state index is 12.4. The van der Waals surface area contributed by atoms with Gasteiger partial charge in [0.05, 0.1) is 17.0 Å². The Kier molecular flexibility index (Phi) is 3.36. The molecule has 0 spiro atoms. The largest absolute Gasteiger partial charge is 0.293 e. The number of aryl methyl sites for hydroxylation is 1. The van der Waals surface area contributed by atoms with Gasteiger partial charge in [0.2, 0.25) is 0 Å². The van der Waals surface area contributed by atoms with Crippen LogP contribution in [0.25, 0.3) is 11.3 Å². The Morgan fingerprint density at radius 3 is 2.76 bits per heavy atom. The number of fused-ring (bicyclic) bond motifs is 3.